The summed E-state index contributed by atoms with van der Waals surface area (Å²) in [5.74, 6) is 0. The van der Waals surface area contributed by atoms with Crippen molar-refractivity contribution in [3.63, 3.8) is 0 Å². The first-order valence-corrected chi connectivity index (χ1v) is 4.75. The van der Waals surface area contributed by atoms with Gasteiger partial charge in [0.25, 0.3) is 5.56 Å². The Kier molecular flexibility index (Phi) is 2.45. The zero-order valence-corrected chi connectivity index (χ0v) is 7.57. The molecule has 3 heteroatoms. The van der Waals surface area contributed by atoms with Crippen molar-refractivity contribution < 1.29 is 0 Å². The van der Waals surface area contributed by atoms with Crippen molar-refractivity contribution >= 4 is 0 Å². The SMILES string of the molecule is O=c1ccccn1CC1CCCN1. The molecule has 2 heterocycles. The van der Waals surface area contributed by atoms with Crippen LogP contribution in [0.2, 0.25) is 0 Å². The largest absolute Gasteiger partial charge is 0.314 e. The van der Waals surface area contributed by atoms with Crippen LogP contribution in [0.4, 0.5) is 0 Å². The molecule has 1 unspecified atom stereocenters. The molecule has 0 aromatic carbocycles. The molecule has 13 heavy (non-hydrogen) atoms. The molecule has 1 N–H and O–H groups in total. The highest BCUT2D eigenvalue weighted by Crippen LogP contribution is 2.05. The average molecular weight is 178 g/mol. The third kappa shape index (κ3) is 1.98. The Bertz CT molecular complexity index is 326. The van der Waals surface area contributed by atoms with E-state index in [9.17, 15) is 4.79 Å². The third-order valence-electron chi connectivity index (χ3n) is 2.48. The first-order valence-electron chi connectivity index (χ1n) is 4.75. The van der Waals surface area contributed by atoms with Crippen LogP contribution in [0.15, 0.2) is 29.2 Å². The number of rotatable bonds is 2. The van der Waals surface area contributed by atoms with Gasteiger partial charge in [0.2, 0.25) is 0 Å². The maximum atomic E-state index is 11.3. The van der Waals surface area contributed by atoms with Crippen molar-refractivity contribution in [1.82, 2.24) is 9.88 Å². The Morgan fingerprint density at radius 1 is 1.54 bits per heavy atom. The summed E-state index contributed by atoms with van der Waals surface area (Å²) in [7, 11) is 0. The van der Waals surface area contributed by atoms with E-state index in [0.717, 1.165) is 13.1 Å². The molecule has 0 saturated carbocycles. The van der Waals surface area contributed by atoms with Gasteiger partial charge in [-0.05, 0) is 25.5 Å². The van der Waals surface area contributed by atoms with E-state index in [1.165, 1.54) is 12.8 Å². The monoisotopic (exact) mass is 178 g/mol. The quantitative estimate of drug-likeness (QED) is 0.719. The molecular formula is C10H14N2O. The minimum atomic E-state index is 0.0937. The molecule has 0 aliphatic carbocycles. The van der Waals surface area contributed by atoms with Gasteiger partial charge in [0.1, 0.15) is 0 Å². The predicted octanol–water partition coefficient (Wildman–Crippen LogP) is 0.600. The summed E-state index contributed by atoms with van der Waals surface area (Å²) in [6.07, 6.45) is 4.26. The Morgan fingerprint density at radius 3 is 3.15 bits per heavy atom. The fraction of sp³-hybridized carbons (Fsp3) is 0.500. The van der Waals surface area contributed by atoms with E-state index < -0.39 is 0 Å². The highest BCUT2D eigenvalue weighted by Gasteiger charge is 2.14. The summed E-state index contributed by atoms with van der Waals surface area (Å²) in [6, 6.07) is 5.77. The van der Waals surface area contributed by atoms with Gasteiger partial charge in [-0.25, -0.2) is 0 Å². The number of pyridine rings is 1. The predicted molar refractivity (Wildman–Crippen MR) is 51.7 cm³/mol. The molecule has 0 amide bonds. The van der Waals surface area contributed by atoms with Crippen molar-refractivity contribution in [2.45, 2.75) is 25.4 Å². The van der Waals surface area contributed by atoms with Crippen molar-refractivity contribution in [3.05, 3.63) is 34.7 Å². The maximum Gasteiger partial charge on any atom is 0.250 e. The molecule has 1 saturated heterocycles. The summed E-state index contributed by atoms with van der Waals surface area (Å²) in [6.45, 7) is 1.89. The van der Waals surface area contributed by atoms with Gasteiger partial charge in [0.15, 0.2) is 0 Å². The second-order valence-electron chi connectivity index (χ2n) is 3.48. The van der Waals surface area contributed by atoms with Gasteiger partial charge in [0.05, 0.1) is 0 Å². The van der Waals surface area contributed by atoms with Gasteiger partial charge in [0, 0.05) is 24.8 Å². The molecule has 1 atom stereocenters. The van der Waals surface area contributed by atoms with Gasteiger partial charge in [-0.2, -0.15) is 0 Å². The minimum absolute atomic E-state index is 0.0937. The minimum Gasteiger partial charge on any atom is -0.314 e. The normalized spacial score (nSPS) is 22.0. The van der Waals surface area contributed by atoms with Crippen LogP contribution < -0.4 is 10.9 Å². The number of aromatic nitrogens is 1. The molecule has 0 radical (unpaired) electrons. The van der Waals surface area contributed by atoms with Crippen molar-refractivity contribution in [2.24, 2.45) is 0 Å². The van der Waals surface area contributed by atoms with Crippen LogP contribution in [0, 0.1) is 0 Å². The first-order chi connectivity index (χ1) is 6.36. The molecule has 1 fully saturated rings. The number of hydrogen-bond donors (Lipinski definition) is 1. The van der Waals surface area contributed by atoms with Gasteiger partial charge in [-0.3, -0.25) is 4.79 Å². The van der Waals surface area contributed by atoms with Gasteiger partial charge >= 0.3 is 0 Å². The third-order valence-corrected chi connectivity index (χ3v) is 2.48. The lowest BCUT2D eigenvalue weighted by Gasteiger charge is -2.11. The van der Waals surface area contributed by atoms with Gasteiger partial charge < -0.3 is 9.88 Å². The Hall–Kier alpha value is -1.09. The van der Waals surface area contributed by atoms with E-state index >= 15 is 0 Å². The summed E-state index contributed by atoms with van der Waals surface area (Å²) >= 11 is 0. The van der Waals surface area contributed by atoms with E-state index in [-0.39, 0.29) is 5.56 Å². The Labute approximate surface area is 77.4 Å². The zero-order chi connectivity index (χ0) is 9.10. The van der Waals surface area contributed by atoms with E-state index in [1.807, 2.05) is 12.3 Å². The fourth-order valence-electron chi connectivity index (χ4n) is 1.76. The van der Waals surface area contributed by atoms with Crippen LogP contribution in [0.25, 0.3) is 0 Å². The lowest BCUT2D eigenvalue weighted by Crippen LogP contribution is -2.31. The lowest BCUT2D eigenvalue weighted by atomic mass is 10.2. The van der Waals surface area contributed by atoms with Crippen molar-refractivity contribution in [3.8, 4) is 0 Å². The molecule has 1 aromatic rings. The first kappa shape index (κ1) is 8.51. The summed E-state index contributed by atoms with van der Waals surface area (Å²) in [4.78, 5) is 11.3. The number of nitrogens with one attached hydrogen (secondary N) is 1. The summed E-state index contributed by atoms with van der Waals surface area (Å²) < 4.78 is 1.77. The Morgan fingerprint density at radius 2 is 2.46 bits per heavy atom. The molecule has 2 rings (SSSR count). The van der Waals surface area contributed by atoms with E-state index in [4.69, 9.17) is 0 Å². The number of nitrogens with zero attached hydrogens (tertiary/aromatic N) is 1. The second kappa shape index (κ2) is 3.75. The summed E-state index contributed by atoms with van der Waals surface area (Å²) in [5, 5.41) is 3.37. The van der Waals surface area contributed by atoms with Gasteiger partial charge in [-0.15, -0.1) is 0 Å². The highest BCUT2D eigenvalue weighted by molar-refractivity contribution is 4.94. The standard InChI is InChI=1S/C10H14N2O/c13-10-5-1-2-7-12(10)8-9-4-3-6-11-9/h1-2,5,7,9,11H,3-4,6,8H2. The molecule has 1 aliphatic heterocycles. The van der Waals surface area contributed by atoms with Crippen LogP contribution in [0.5, 0.6) is 0 Å². The second-order valence-corrected chi connectivity index (χ2v) is 3.48. The van der Waals surface area contributed by atoms with Crippen molar-refractivity contribution in [1.29, 1.82) is 0 Å². The van der Waals surface area contributed by atoms with Crippen LogP contribution in [-0.4, -0.2) is 17.2 Å². The molecule has 3 nitrogen and oxygen atoms in total. The zero-order valence-electron chi connectivity index (χ0n) is 7.57. The topological polar surface area (TPSA) is 34.0 Å². The smallest absolute Gasteiger partial charge is 0.250 e. The van der Waals surface area contributed by atoms with E-state index in [0.29, 0.717) is 6.04 Å². The molecule has 1 aromatic heterocycles. The molecule has 70 valence electrons. The fourth-order valence-corrected chi connectivity index (χ4v) is 1.76. The van der Waals surface area contributed by atoms with E-state index in [2.05, 4.69) is 5.32 Å². The van der Waals surface area contributed by atoms with Crippen LogP contribution >= 0.6 is 0 Å². The molecule has 0 spiro atoms. The number of hydrogen-bond acceptors (Lipinski definition) is 2. The highest BCUT2D eigenvalue weighted by atomic mass is 16.1. The molecule has 0 bridgehead atoms. The van der Waals surface area contributed by atoms with Crippen LogP contribution in [-0.2, 0) is 6.54 Å². The maximum absolute atomic E-state index is 11.3. The average Bonchev–Trinajstić information content (AvgIpc) is 2.61. The summed E-state index contributed by atoms with van der Waals surface area (Å²) in [5.41, 5.74) is 0.0937. The van der Waals surface area contributed by atoms with Crippen molar-refractivity contribution in [2.75, 3.05) is 6.54 Å². The molecule has 1 aliphatic rings. The van der Waals surface area contributed by atoms with Gasteiger partial charge in [-0.1, -0.05) is 6.07 Å². The molecular weight excluding hydrogens is 164 g/mol. The van der Waals surface area contributed by atoms with Crippen LogP contribution in [0.1, 0.15) is 12.8 Å². The lowest BCUT2D eigenvalue weighted by molar-refractivity contribution is 0.499. The van der Waals surface area contributed by atoms with E-state index in [1.54, 1.807) is 16.7 Å². The Balaban J connectivity index is 2.08. The van der Waals surface area contributed by atoms with Crippen LogP contribution in [0.3, 0.4) is 0 Å².